The Labute approximate surface area is 172 Å². The maximum Gasteiger partial charge on any atom is 0.230 e. The van der Waals surface area contributed by atoms with Crippen molar-refractivity contribution < 1.29 is 4.79 Å². The Morgan fingerprint density at radius 1 is 1.03 bits per heavy atom. The van der Waals surface area contributed by atoms with Crippen LogP contribution in [0.25, 0.3) is 0 Å². The number of pyridine rings is 1. The SMILES string of the molecule is Cc1ccc(NC(=O)C2CCCN(c3cc(N4CCCC(C)C4)ncn3)C2)nc1. The molecule has 2 aromatic rings. The van der Waals surface area contributed by atoms with E-state index in [1.165, 1.54) is 12.8 Å². The normalized spacial score (nSPS) is 22.4. The van der Waals surface area contributed by atoms with Crippen molar-refractivity contribution in [3.8, 4) is 0 Å². The van der Waals surface area contributed by atoms with Crippen molar-refractivity contribution in [2.75, 3.05) is 41.3 Å². The molecular formula is C22H30N6O. The van der Waals surface area contributed by atoms with E-state index in [1.807, 2.05) is 19.1 Å². The fourth-order valence-electron chi connectivity index (χ4n) is 4.25. The molecule has 154 valence electrons. The van der Waals surface area contributed by atoms with Gasteiger partial charge in [0.1, 0.15) is 23.8 Å². The van der Waals surface area contributed by atoms with Gasteiger partial charge in [0.25, 0.3) is 0 Å². The number of anilines is 3. The third kappa shape index (κ3) is 4.83. The van der Waals surface area contributed by atoms with Crippen molar-refractivity contribution in [3.05, 3.63) is 36.3 Å². The minimum absolute atomic E-state index is 0.0326. The summed E-state index contributed by atoms with van der Waals surface area (Å²) in [7, 11) is 0. The van der Waals surface area contributed by atoms with Crippen molar-refractivity contribution in [2.24, 2.45) is 11.8 Å². The molecule has 0 spiro atoms. The predicted molar refractivity (Wildman–Crippen MR) is 115 cm³/mol. The van der Waals surface area contributed by atoms with Gasteiger partial charge in [-0.2, -0.15) is 0 Å². The van der Waals surface area contributed by atoms with Gasteiger partial charge in [-0.3, -0.25) is 4.79 Å². The quantitative estimate of drug-likeness (QED) is 0.858. The number of nitrogens with zero attached hydrogens (tertiary/aromatic N) is 5. The Bertz CT molecular complexity index is 839. The first-order valence-electron chi connectivity index (χ1n) is 10.6. The third-order valence-electron chi connectivity index (χ3n) is 5.90. The van der Waals surface area contributed by atoms with Gasteiger partial charge in [0, 0.05) is 38.4 Å². The lowest BCUT2D eigenvalue weighted by atomic mass is 9.97. The van der Waals surface area contributed by atoms with Crippen LogP contribution < -0.4 is 15.1 Å². The Morgan fingerprint density at radius 3 is 2.45 bits per heavy atom. The fourth-order valence-corrected chi connectivity index (χ4v) is 4.25. The maximum atomic E-state index is 12.8. The molecule has 2 fully saturated rings. The summed E-state index contributed by atoms with van der Waals surface area (Å²) in [6.45, 7) is 7.97. The number of nitrogens with one attached hydrogen (secondary N) is 1. The first kappa shape index (κ1) is 19.6. The first-order chi connectivity index (χ1) is 14.1. The molecule has 7 nitrogen and oxygen atoms in total. The van der Waals surface area contributed by atoms with Gasteiger partial charge >= 0.3 is 0 Å². The second kappa shape index (κ2) is 8.76. The number of rotatable bonds is 4. The molecule has 2 saturated heterocycles. The van der Waals surface area contributed by atoms with Crippen molar-refractivity contribution in [1.82, 2.24) is 15.0 Å². The average Bonchev–Trinajstić information content (AvgIpc) is 2.75. The zero-order valence-corrected chi connectivity index (χ0v) is 17.3. The van der Waals surface area contributed by atoms with Gasteiger partial charge in [-0.1, -0.05) is 13.0 Å². The van der Waals surface area contributed by atoms with Gasteiger partial charge in [0.2, 0.25) is 5.91 Å². The smallest absolute Gasteiger partial charge is 0.230 e. The molecule has 0 aromatic carbocycles. The molecule has 4 rings (SSSR count). The van der Waals surface area contributed by atoms with Gasteiger partial charge in [-0.05, 0) is 50.2 Å². The number of hydrogen-bond donors (Lipinski definition) is 1. The van der Waals surface area contributed by atoms with E-state index in [4.69, 9.17) is 0 Å². The fraction of sp³-hybridized carbons (Fsp3) is 0.545. The summed E-state index contributed by atoms with van der Waals surface area (Å²) in [4.78, 5) is 30.6. The van der Waals surface area contributed by atoms with Crippen molar-refractivity contribution >= 4 is 23.4 Å². The van der Waals surface area contributed by atoms with Crippen LogP contribution >= 0.6 is 0 Å². The zero-order valence-electron chi connectivity index (χ0n) is 17.3. The van der Waals surface area contributed by atoms with Crippen LogP contribution in [-0.4, -0.2) is 47.0 Å². The van der Waals surface area contributed by atoms with Crippen molar-refractivity contribution in [3.63, 3.8) is 0 Å². The van der Waals surface area contributed by atoms with Crippen LogP contribution in [0.4, 0.5) is 17.5 Å². The Kier molecular flexibility index (Phi) is 5.92. The highest BCUT2D eigenvalue weighted by molar-refractivity contribution is 5.92. The van der Waals surface area contributed by atoms with Gasteiger partial charge in [0.15, 0.2) is 0 Å². The highest BCUT2D eigenvalue weighted by atomic mass is 16.2. The molecule has 2 aromatic heterocycles. The van der Waals surface area contributed by atoms with Crippen molar-refractivity contribution in [1.29, 1.82) is 0 Å². The van der Waals surface area contributed by atoms with Crippen LogP contribution in [0.2, 0.25) is 0 Å². The van der Waals surface area contributed by atoms with E-state index in [0.29, 0.717) is 18.3 Å². The standard InChI is InChI=1S/C22H30N6O/c1-16-7-8-19(23-12-16)26-22(29)18-6-4-10-28(14-18)21-11-20(24-15-25-21)27-9-3-5-17(2)13-27/h7-8,11-12,15,17-18H,3-6,9-10,13-14H2,1-2H3,(H,23,26,29). The molecule has 0 bridgehead atoms. The summed E-state index contributed by atoms with van der Waals surface area (Å²) in [6, 6.07) is 5.89. The van der Waals surface area contributed by atoms with Crippen LogP contribution in [0.15, 0.2) is 30.7 Å². The molecule has 4 heterocycles. The summed E-state index contributed by atoms with van der Waals surface area (Å²) in [5, 5.41) is 2.96. The predicted octanol–water partition coefficient (Wildman–Crippen LogP) is 3.27. The van der Waals surface area contributed by atoms with E-state index in [9.17, 15) is 4.79 Å². The van der Waals surface area contributed by atoms with E-state index in [2.05, 4.69) is 43.1 Å². The van der Waals surface area contributed by atoms with Gasteiger partial charge in [-0.15, -0.1) is 0 Å². The molecule has 1 amide bonds. The van der Waals surface area contributed by atoms with Gasteiger partial charge < -0.3 is 15.1 Å². The molecule has 1 N–H and O–H groups in total. The number of amides is 1. The van der Waals surface area contributed by atoms with E-state index in [0.717, 1.165) is 49.7 Å². The molecule has 2 aliphatic heterocycles. The zero-order chi connectivity index (χ0) is 20.2. The highest BCUT2D eigenvalue weighted by Crippen LogP contribution is 2.27. The lowest BCUT2D eigenvalue weighted by Crippen LogP contribution is -2.41. The van der Waals surface area contributed by atoms with Crippen LogP contribution in [0.3, 0.4) is 0 Å². The number of carbonyl (C=O) groups is 1. The third-order valence-corrected chi connectivity index (χ3v) is 5.90. The molecule has 2 aliphatic rings. The minimum Gasteiger partial charge on any atom is -0.356 e. The molecular weight excluding hydrogens is 364 g/mol. The van der Waals surface area contributed by atoms with E-state index < -0.39 is 0 Å². The Hall–Kier alpha value is -2.70. The van der Waals surface area contributed by atoms with Crippen LogP contribution in [-0.2, 0) is 4.79 Å². The maximum absolute atomic E-state index is 12.8. The van der Waals surface area contributed by atoms with Gasteiger partial charge in [-0.25, -0.2) is 15.0 Å². The molecule has 2 unspecified atom stereocenters. The molecule has 29 heavy (non-hydrogen) atoms. The molecule has 7 heteroatoms. The number of hydrogen-bond acceptors (Lipinski definition) is 6. The van der Waals surface area contributed by atoms with E-state index in [1.54, 1.807) is 12.5 Å². The molecule has 0 saturated carbocycles. The van der Waals surface area contributed by atoms with Crippen LogP contribution in [0.1, 0.15) is 38.2 Å². The van der Waals surface area contributed by atoms with Crippen molar-refractivity contribution in [2.45, 2.75) is 39.5 Å². The molecule has 0 radical (unpaired) electrons. The number of aryl methyl sites for hydroxylation is 1. The first-order valence-corrected chi connectivity index (χ1v) is 10.6. The van der Waals surface area contributed by atoms with Crippen LogP contribution in [0.5, 0.6) is 0 Å². The largest absolute Gasteiger partial charge is 0.356 e. The second-order valence-corrected chi connectivity index (χ2v) is 8.42. The lowest BCUT2D eigenvalue weighted by Gasteiger charge is -2.34. The number of piperidine rings is 2. The summed E-state index contributed by atoms with van der Waals surface area (Å²) in [5.41, 5.74) is 1.08. The highest BCUT2D eigenvalue weighted by Gasteiger charge is 2.27. The van der Waals surface area contributed by atoms with E-state index in [-0.39, 0.29) is 11.8 Å². The molecule has 2 atom stereocenters. The molecule has 0 aliphatic carbocycles. The summed E-state index contributed by atoms with van der Waals surface area (Å²) in [6.07, 6.45) is 7.78. The number of carbonyl (C=O) groups excluding carboxylic acids is 1. The summed E-state index contributed by atoms with van der Waals surface area (Å²) >= 11 is 0. The summed E-state index contributed by atoms with van der Waals surface area (Å²) < 4.78 is 0. The topological polar surface area (TPSA) is 74.2 Å². The Balaban J connectivity index is 1.42. The summed E-state index contributed by atoms with van der Waals surface area (Å²) in [5.74, 6) is 3.18. The second-order valence-electron chi connectivity index (χ2n) is 8.42. The minimum atomic E-state index is -0.0692. The van der Waals surface area contributed by atoms with Gasteiger partial charge in [0.05, 0.1) is 5.92 Å². The van der Waals surface area contributed by atoms with Crippen LogP contribution in [0, 0.1) is 18.8 Å². The number of aromatic nitrogens is 3. The Morgan fingerprint density at radius 2 is 1.76 bits per heavy atom. The monoisotopic (exact) mass is 394 g/mol. The lowest BCUT2D eigenvalue weighted by molar-refractivity contribution is -0.120. The average molecular weight is 395 g/mol. The van der Waals surface area contributed by atoms with E-state index >= 15 is 0 Å².